The zero-order chi connectivity index (χ0) is 39.8. The molecule has 4 N–H and O–H groups in total. The van der Waals surface area contributed by atoms with Crippen LogP contribution in [0.4, 0.5) is 0 Å². The quantitative estimate of drug-likeness (QED) is 0.0555. The minimum atomic E-state index is -1.19. The van der Waals surface area contributed by atoms with Crippen molar-refractivity contribution in [3.63, 3.8) is 0 Å². The second-order valence-corrected chi connectivity index (χ2v) is 18.8. The third kappa shape index (κ3) is 18.1. The zero-order valence-electron chi connectivity index (χ0n) is 34.0. The molecule has 4 aromatic carbocycles. The highest BCUT2D eigenvalue weighted by atomic mass is 31.2. The number of hydrogen-bond acceptors (Lipinski definition) is 9. The lowest BCUT2D eigenvalue weighted by molar-refractivity contribution is 0.384. The summed E-state index contributed by atoms with van der Waals surface area (Å²) in [6, 6.07) is 31.6. The van der Waals surface area contributed by atoms with E-state index in [9.17, 15) is 0 Å². The lowest BCUT2D eigenvalue weighted by Gasteiger charge is -2.20. The first-order chi connectivity index (χ1) is 26.7. The molecule has 0 saturated carbocycles. The summed E-state index contributed by atoms with van der Waals surface area (Å²) in [5.74, 6) is 2.50. The van der Waals surface area contributed by atoms with E-state index in [0.717, 1.165) is 67.2 Å². The highest BCUT2D eigenvalue weighted by Crippen LogP contribution is 2.49. The van der Waals surface area contributed by atoms with Gasteiger partial charge < -0.3 is 42.9 Å². The summed E-state index contributed by atoms with van der Waals surface area (Å²) in [4.78, 5) is 0. The molecule has 0 fully saturated rings. The van der Waals surface area contributed by atoms with Gasteiger partial charge in [-0.2, -0.15) is 0 Å². The molecule has 0 aliphatic carbocycles. The minimum absolute atomic E-state index is 0. The maximum atomic E-state index is 9.12. The first-order valence-corrected chi connectivity index (χ1v) is 23.3. The Bertz CT molecular complexity index is 1660. The number of benzene rings is 4. The van der Waals surface area contributed by atoms with Gasteiger partial charge in [-0.25, -0.2) is 0 Å². The van der Waals surface area contributed by atoms with Crippen molar-refractivity contribution in [1.82, 2.24) is 6.15 Å². The Morgan fingerprint density at radius 3 is 1.80 bits per heavy atom. The SMILES string of the molecule is C=Cc1ccc(CCP(OC)Oc2ccc(OP(OC)C(=CCc3ccc(CCPOC)cc3)CC)cc2)cc1.CCC(C)P(OC)Oc1ccc(O)cc1.N. The Balaban J connectivity index is 0.000000568. The van der Waals surface area contributed by atoms with E-state index in [0.29, 0.717) is 14.5 Å². The molecule has 0 aliphatic rings. The molecule has 56 heavy (non-hydrogen) atoms. The third-order valence-electron chi connectivity index (χ3n) is 8.40. The van der Waals surface area contributed by atoms with Crippen LogP contribution in [0.25, 0.3) is 6.08 Å². The van der Waals surface area contributed by atoms with E-state index < -0.39 is 25.1 Å². The summed E-state index contributed by atoms with van der Waals surface area (Å²) >= 11 is 0. The van der Waals surface area contributed by atoms with E-state index in [1.165, 1.54) is 22.0 Å². The molecule has 0 radical (unpaired) electrons. The lowest BCUT2D eigenvalue weighted by atomic mass is 10.1. The molecule has 306 valence electrons. The number of rotatable bonds is 23. The van der Waals surface area contributed by atoms with Crippen molar-refractivity contribution >= 4 is 40.0 Å². The van der Waals surface area contributed by atoms with Gasteiger partial charge in [0, 0.05) is 54.4 Å². The molecule has 9 nitrogen and oxygen atoms in total. The van der Waals surface area contributed by atoms with E-state index in [2.05, 4.69) is 82.0 Å². The van der Waals surface area contributed by atoms with Gasteiger partial charge in [0.25, 0.3) is 8.38 Å². The van der Waals surface area contributed by atoms with Gasteiger partial charge in [0.2, 0.25) is 16.8 Å². The van der Waals surface area contributed by atoms with Gasteiger partial charge >= 0.3 is 0 Å². The van der Waals surface area contributed by atoms with E-state index in [4.69, 9.17) is 36.8 Å². The van der Waals surface area contributed by atoms with Crippen molar-refractivity contribution in [2.75, 3.05) is 40.8 Å². The largest absolute Gasteiger partial charge is 0.508 e. The Morgan fingerprint density at radius 1 is 0.714 bits per heavy atom. The Labute approximate surface area is 341 Å². The fourth-order valence-electron chi connectivity index (χ4n) is 4.99. The molecule has 0 heterocycles. The van der Waals surface area contributed by atoms with Crippen LogP contribution in [0.15, 0.2) is 115 Å². The minimum Gasteiger partial charge on any atom is -0.508 e. The summed E-state index contributed by atoms with van der Waals surface area (Å²) in [6.45, 7) is 10.2. The van der Waals surface area contributed by atoms with Gasteiger partial charge in [-0.1, -0.05) is 88.0 Å². The maximum absolute atomic E-state index is 9.12. The predicted molar refractivity (Wildman–Crippen MR) is 241 cm³/mol. The molecule has 0 saturated heterocycles. The number of allylic oxidation sites excluding steroid dienone is 2. The van der Waals surface area contributed by atoms with Gasteiger partial charge in [0.05, 0.1) is 0 Å². The second kappa shape index (κ2) is 28.5. The van der Waals surface area contributed by atoms with Crippen molar-refractivity contribution in [3.05, 3.63) is 137 Å². The first kappa shape index (κ1) is 49.2. The molecule has 5 unspecified atom stereocenters. The summed E-state index contributed by atoms with van der Waals surface area (Å²) in [7, 11) is 4.27. The zero-order valence-corrected chi connectivity index (χ0v) is 37.7. The molecule has 0 aromatic heterocycles. The van der Waals surface area contributed by atoms with E-state index in [1.807, 2.05) is 30.3 Å². The molecule has 0 aliphatic heterocycles. The van der Waals surface area contributed by atoms with Crippen molar-refractivity contribution in [1.29, 1.82) is 0 Å². The topological polar surface area (TPSA) is 120 Å². The van der Waals surface area contributed by atoms with Gasteiger partial charge in [-0.15, -0.1) is 0 Å². The average Bonchev–Trinajstić information content (AvgIpc) is 3.23. The number of hydrogen-bond donors (Lipinski definition) is 2. The molecule has 4 rings (SSSR count). The van der Waals surface area contributed by atoms with Gasteiger partial charge in [-0.3, -0.25) is 0 Å². The van der Waals surface area contributed by atoms with Gasteiger partial charge in [0.1, 0.15) is 23.0 Å². The third-order valence-corrected chi connectivity index (χ3v) is 14.1. The van der Waals surface area contributed by atoms with Crippen molar-refractivity contribution in [2.45, 2.75) is 58.5 Å². The van der Waals surface area contributed by atoms with Crippen LogP contribution < -0.4 is 19.7 Å². The van der Waals surface area contributed by atoms with Crippen LogP contribution in [0.2, 0.25) is 0 Å². The van der Waals surface area contributed by atoms with Crippen LogP contribution in [0, 0.1) is 0 Å². The maximum Gasteiger partial charge on any atom is 0.260 e. The van der Waals surface area contributed by atoms with Crippen molar-refractivity contribution in [2.24, 2.45) is 0 Å². The van der Waals surface area contributed by atoms with Crippen LogP contribution in [0.3, 0.4) is 0 Å². The molecule has 5 atom stereocenters. The molecule has 0 spiro atoms. The fraction of sp³-hybridized carbons (Fsp3) is 0.349. The number of phenolic OH excluding ortho intramolecular Hbond substituents is 1. The number of aryl methyl sites for hydroxylation is 2. The van der Waals surface area contributed by atoms with Crippen molar-refractivity contribution < 1.29 is 36.8 Å². The highest BCUT2D eigenvalue weighted by molar-refractivity contribution is 7.52. The van der Waals surface area contributed by atoms with Crippen LogP contribution in [0.5, 0.6) is 23.0 Å². The Hall–Kier alpha value is -2.92. The van der Waals surface area contributed by atoms with Crippen LogP contribution in [-0.4, -0.2) is 51.5 Å². The molecule has 0 bridgehead atoms. The first-order valence-electron chi connectivity index (χ1n) is 18.4. The van der Waals surface area contributed by atoms with Crippen LogP contribution >= 0.6 is 33.9 Å². The van der Waals surface area contributed by atoms with E-state index in [1.54, 1.807) is 52.7 Å². The standard InChI is InChI=1S/C32H41O5P3.C11H17O3P.H3N/c1-6-26-8-10-29(11-9-26)23-25-39(34-4)36-30-17-19-31(20-18-30)37-40(35-5)32(7-2)21-16-27-12-14-28(15-13-27)22-24-38-33-3;1-4-9(2)15(13-3)14-11-7-5-10(12)6-8-11;/h6,8-15,17-21,38H,1,7,16,22-25H2,2-5H3;5-9,12H,4H2,1-3H3;1H3. The molecule has 4 aromatic rings. The van der Waals surface area contributed by atoms with Crippen LogP contribution in [-0.2, 0) is 37.4 Å². The van der Waals surface area contributed by atoms with Crippen molar-refractivity contribution in [3.8, 4) is 23.0 Å². The van der Waals surface area contributed by atoms with Crippen LogP contribution in [0.1, 0.15) is 55.9 Å². The predicted octanol–water partition coefficient (Wildman–Crippen LogP) is 13.3. The average molecular weight is 844 g/mol. The smallest absolute Gasteiger partial charge is 0.260 e. The molecule has 0 amide bonds. The fourth-order valence-corrected chi connectivity index (χ4v) is 9.21. The second-order valence-electron chi connectivity index (χ2n) is 12.3. The summed E-state index contributed by atoms with van der Waals surface area (Å²) in [5.41, 5.74) is 5.40. The summed E-state index contributed by atoms with van der Waals surface area (Å²) < 4.78 is 40.0. The molecular weight excluding hydrogens is 782 g/mol. The highest BCUT2D eigenvalue weighted by Gasteiger charge is 2.19. The Morgan fingerprint density at radius 2 is 1.27 bits per heavy atom. The lowest BCUT2D eigenvalue weighted by Crippen LogP contribution is -2.04. The number of aromatic hydroxyl groups is 1. The summed E-state index contributed by atoms with van der Waals surface area (Å²) in [6.07, 6.45) is 10.7. The van der Waals surface area contributed by atoms with E-state index in [-0.39, 0.29) is 11.9 Å². The summed E-state index contributed by atoms with van der Waals surface area (Å²) in [5, 5.41) is 10.3. The van der Waals surface area contributed by atoms with E-state index >= 15 is 0 Å². The molecule has 13 heteroatoms. The normalized spacial score (nSPS) is 13.4. The molecular formula is C43H61NO8P4. The number of phenols is 1. The van der Waals surface area contributed by atoms with Gasteiger partial charge in [0.15, 0.2) is 0 Å². The Kier molecular flexibility index (Phi) is 25.0. The van der Waals surface area contributed by atoms with Gasteiger partial charge in [-0.05, 0) is 109 Å². The monoisotopic (exact) mass is 843 g/mol.